The molecule has 0 amide bonds. The second kappa shape index (κ2) is 6.64. The van der Waals surface area contributed by atoms with Gasteiger partial charge in [0.15, 0.2) is 5.13 Å². The molecule has 1 aromatic carbocycles. The number of hydrogen-bond donors (Lipinski definition) is 0. The number of thiazole rings is 1. The van der Waals surface area contributed by atoms with Gasteiger partial charge in [-0.2, -0.15) is 0 Å². The third-order valence-corrected chi connectivity index (χ3v) is 5.48. The molecule has 0 saturated carbocycles. The summed E-state index contributed by atoms with van der Waals surface area (Å²) in [5, 5.41) is 1.13. The molecule has 23 heavy (non-hydrogen) atoms. The zero-order chi connectivity index (χ0) is 15.5. The highest BCUT2D eigenvalue weighted by atomic mass is 32.1. The van der Waals surface area contributed by atoms with Crippen molar-refractivity contribution in [3.8, 4) is 0 Å². The van der Waals surface area contributed by atoms with Crippen LogP contribution in [0.2, 0.25) is 0 Å². The molecule has 4 rings (SSSR count). The number of anilines is 1. The number of benzene rings is 1. The first-order valence-electron chi connectivity index (χ1n) is 8.10. The van der Waals surface area contributed by atoms with Crippen LogP contribution in [-0.2, 0) is 6.42 Å². The number of aromatic nitrogens is 2. The van der Waals surface area contributed by atoms with Crippen LogP contribution < -0.4 is 4.90 Å². The van der Waals surface area contributed by atoms with Gasteiger partial charge in [-0.3, -0.25) is 9.88 Å². The van der Waals surface area contributed by atoms with E-state index in [1.165, 1.54) is 10.3 Å². The Hall–Kier alpha value is -1.98. The van der Waals surface area contributed by atoms with Crippen LogP contribution in [0.5, 0.6) is 0 Å². The summed E-state index contributed by atoms with van der Waals surface area (Å²) >= 11 is 1.77. The first-order valence-corrected chi connectivity index (χ1v) is 8.92. The number of piperazine rings is 1. The normalized spacial score (nSPS) is 16.1. The molecule has 1 aliphatic rings. The maximum absolute atomic E-state index is 4.72. The summed E-state index contributed by atoms with van der Waals surface area (Å²) in [6.07, 6.45) is 4.82. The van der Waals surface area contributed by atoms with Crippen molar-refractivity contribution in [3.05, 3.63) is 54.4 Å². The quantitative estimate of drug-likeness (QED) is 0.738. The molecular weight excluding hydrogens is 304 g/mol. The van der Waals surface area contributed by atoms with Gasteiger partial charge in [-0.15, -0.1) is 0 Å². The second-order valence-electron chi connectivity index (χ2n) is 5.90. The minimum atomic E-state index is 1.01. The molecule has 4 nitrogen and oxygen atoms in total. The molecular formula is C18H20N4S. The summed E-state index contributed by atoms with van der Waals surface area (Å²) in [6.45, 7) is 5.48. The van der Waals surface area contributed by atoms with E-state index in [1.807, 2.05) is 18.5 Å². The Labute approximate surface area is 140 Å². The van der Waals surface area contributed by atoms with Crippen molar-refractivity contribution in [1.29, 1.82) is 0 Å². The highest BCUT2D eigenvalue weighted by molar-refractivity contribution is 7.22. The van der Waals surface area contributed by atoms with Crippen LogP contribution >= 0.6 is 11.3 Å². The number of hydrogen-bond acceptors (Lipinski definition) is 5. The van der Waals surface area contributed by atoms with E-state index >= 15 is 0 Å². The Morgan fingerprint density at radius 3 is 2.61 bits per heavy atom. The number of nitrogens with zero attached hydrogens (tertiary/aromatic N) is 4. The van der Waals surface area contributed by atoms with Crippen LogP contribution in [0.4, 0.5) is 5.13 Å². The van der Waals surface area contributed by atoms with Crippen molar-refractivity contribution in [2.24, 2.45) is 0 Å². The van der Waals surface area contributed by atoms with Crippen molar-refractivity contribution in [3.63, 3.8) is 0 Å². The van der Waals surface area contributed by atoms with Gasteiger partial charge in [0.05, 0.1) is 10.9 Å². The van der Waals surface area contributed by atoms with Crippen molar-refractivity contribution in [1.82, 2.24) is 14.9 Å². The number of pyridine rings is 1. The lowest BCUT2D eigenvalue weighted by Crippen LogP contribution is -2.46. The first kappa shape index (κ1) is 14.6. The molecule has 3 aromatic rings. The maximum atomic E-state index is 4.72. The van der Waals surface area contributed by atoms with Crippen molar-refractivity contribution >= 4 is 26.7 Å². The van der Waals surface area contributed by atoms with Gasteiger partial charge in [0.25, 0.3) is 0 Å². The molecule has 0 atom stereocenters. The van der Waals surface area contributed by atoms with Crippen molar-refractivity contribution < 1.29 is 0 Å². The SMILES string of the molecule is c1ccc(CCN2CCN(c3nc4cnccc4s3)CC2)cc1. The molecule has 1 saturated heterocycles. The highest BCUT2D eigenvalue weighted by Gasteiger charge is 2.19. The average molecular weight is 324 g/mol. The third kappa shape index (κ3) is 3.35. The summed E-state index contributed by atoms with van der Waals surface area (Å²) in [5.74, 6) is 0. The fourth-order valence-corrected chi connectivity index (χ4v) is 3.98. The van der Waals surface area contributed by atoms with Crippen LogP contribution in [0.3, 0.4) is 0 Å². The van der Waals surface area contributed by atoms with E-state index in [9.17, 15) is 0 Å². The zero-order valence-corrected chi connectivity index (χ0v) is 13.9. The summed E-state index contributed by atoms with van der Waals surface area (Å²) in [5.41, 5.74) is 2.44. The number of rotatable bonds is 4. The molecule has 1 fully saturated rings. The molecule has 2 aromatic heterocycles. The molecule has 0 radical (unpaired) electrons. The topological polar surface area (TPSA) is 32.3 Å². The van der Waals surface area contributed by atoms with Gasteiger partial charge in [-0.05, 0) is 18.1 Å². The van der Waals surface area contributed by atoms with Crippen molar-refractivity contribution in [2.75, 3.05) is 37.6 Å². The Morgan fingerprint density at radius 2 is 1.83 bits per heavy atom. The summed E-state index contributed by atoms with van der Waals surface area (Å²) in [4.78, 5) is 13.8. The van der Waals surface area contributed by atoms with Gasteiger partial charge in [0.1, 0.15) is 5.52 Å². The molecule has 0 unspecified atom stereocenters. The predicted octanol–water partition coefficient (Wildman–Crippen LogP) is 3.06. The first-order chi connectivity index (χ1) is 11.4. The molecule has 118 valence electrons. The Kier molecular flexibility index (Phi) is 4.22. The fourth-order valence-electron chi connectivity index (χ4n) is 3.00. The Bertz CT molecular complexity index is 730. The van der Waals surface area contributed by atoms with E-state index in [0.717, 1.165) is 49.8 Å². The third-order valence-electron chi connectivity index (χ3n) is 4.38. The lowest BCUT2D eigenvalue weighted by molar-refractivity contribution is 0.261. The monoisotopic (exact) mass is 324 g/mol. The van der Waals surface area contributed by atoms with Gasteiger partial charge in [-0.25, -0.2) is 4.98 Å². The maximum Gasteiger partial charge on any atom is 0.186 e. The van der Waals surface area contributed by atoms with E-state index in [2.05, 4.69) is 45.1 Å². The second-order valence-corrected chi connectivity index (χ2v) is 6.91. The van der Waals surface area contributed by atoms with E-state index in [-0.39, 0.29) is 0 Å². The Morgan fingerprint density at radius 1 is 1.00 bits per heavy atom. The summed E-state index contributed by atoms with van der Waals surface area (Å²) < 4.78 is 1.22. The zero-order valence-electron chi connectivity index (χ0n) is 13.1. The fraction of sp³-hybridized carbons (Fsp3) is 0.333. The van der Waals surface area contributed by atoms with E-state index < -0.39 is 0 Å². The van der Waals surface area contributed by atoms with Crippen LogP contribution in [0.1, 0.15) is 5.56 Å². The predicted molar refractivity (Wildman–Crippen MR) is 96.2 cm³/mol. The molecule has 0 spiro atoms. The van der Waals surface area contributed by atoms with Crippen LogP contribution in [0, 0.1) is 0 Å². The molecule has 3 heterocycles. The highest BCUT2D eigenvalue weighted by Crippen LogP contribution is 2.28. The largest absolute Gasteiger partial charge is 0.345 e. The van der Waals surface area contributed by atoms with E-state index in [0.29, 0.717) is 0 Å². The summed E-state index contributed by atoms with van der Waals surface area (Å²) in [7, 11) is 0. The smallest absolute Gasteiger partial charge is 0.186 e. The van der Waals surface area contributed by atoms with E-state index in [4.69, 9.17) is 4.98 Å². The van der Waals surface area contributed by atoms with Gasteiger partial charge < -0.3 is 4.90 Å². The van der Waals surface area contributed by atoms with Crippen LogP contribution in [0.15, 0.2) is 48.8 Å². The Balaban J connectivity index is 1.33. The van der Waals surface area contributed by atoms with Crippen LogP contribution in [-0.4, -0.2) is 47.6 Å². The standard InChI is InChI=1S/C18H20N4S/c1-2-4-15(5-3-1)7-9-21-10-12-22(13-11-21)18-20-16-14-19-8-6-17(16)23-18/h1-6,8,14H,7,9-13H2. The minimum Gasteiger partial charge on any atom is -0.345 e. The molecule has 0 aliphatic carbocycles. The number of fused-ring (bicyclic) bond motifs is 1. The van der Waals surface area contributed by atoms with Crippen LogP contribution in [0.25, 0.3) is 10.2 Å². The van der Waals surface area contributed by atoms with E-state index in [1.54, 1.807) is 11.3 Å². The molecule has 1 aliphatic heterocycles. The van der Waals surface area contributed by atoms with Gasteiger partial charge >= 0.3 is 0 Å². The minimum absolute atomic E-state index is 1.01. The molecule has 0 bridgehead atoms. The van der Waals surface area contributed by atoms with Gasteiger partial charge in [0.2, 0.25) is 0 Å². The molecule has 0 N–H and O–H groups in total. The van der Waals surface area contributed by atoms with Crippen molar-refractivity contribution in [2.45, 2.75) is 6.42 Å². The average Bonchev–Trinajstić information content (AvgIpc) is 3.05. The lowest BCUT2D eigenvalue weighted by Gasteiger charge is -2.34. The molecule has 5 heteroatoms. The lowest BCUT2D eigenvalue weighted by atomic mass is 10.1. The van der Waals surface area contributed by atoms with Gasteiger partial charge in [-0.1, -0.05) is 41.7 Å². The van der Waals surface area contributed by atoms with Gasteiger partial charge in [0, 0.05) is 38.9 Å². The summed E-state index contributed by atoms with van der Waals surface area (Å²) in [6, 6.07) is 12.8.